The van der Waals surface area contributed by atoms with Crippen molar-refractivity contribution < 1.29 is 23.9 Å². The molecule has 138 valence electrons. The van der Waals surface area contributed by atoms with Crippen LogP contribution in [0.25, 0.3) is 0 Å². The second-order valence-electron chi connectivity index (χ2n) is 6.04. The van der Waals surface area contributed by atoms with Crippen LogP contribution in [0.4, 0.5) is 5.69 Å². The summed E-state index contributed by atoms with van der Waals surface area (Å²) >= 11 is 5.89. The van der Waals surface area contributed by atoms with Crippen LogP contribution in [0.15, 0.2) is 47.6 Å². The summed E-state index contributed by atoms with van der Waals surface area (Å²) in [6.45, 7) is 0. The minimum absolute atomic E-state index is 0.385. The van der Waals surface area contributed by atoms with E-state index in [0.29, 0.717) is 33.5 Å². The first-order valence-corrected chi connectivity index (χ1v) is 8.52. The molecule has 0 spiro atoms. The normalized spacial score (nSPS) is 21.0. The van der Waals surface area contributed by atoms with Crippen LogP contribution in [0.1, 0.15) is 5.56 Å². The average molecular weight is 387 g/mol. The van der Waals surface area contributed by atoms with Gasteiger partial charge in [0.15, 0.2) is 11.5 Å². The molecule has 2 aromatic carbocycles. The lowest BCUT2D eigenvalue weighted by atomic mass is 9.94. The first-order valence-electron chi connectivity index (χ1n) is 8.14. The number of benzene rings is 2. The summed E-state index contributed by atoms with van der Waals surface area (Å²) < 4.78 is 10.5. The number of rotatable bonds is 4. The summed E-state index contributed by atoms with van der Waals surface area (Å²) in [7, 11) is 3.05. The summed E-state index contributed by atoms with van der Waals surface area (Å²) in [5.41, 5.74) is 1.45. The Morgan fingerprint density at radius 2 is 1.70 bits per heavy atom. The third-order valence-electron chi connectivity index (χ3n) is 4.58. The smallest absolute Gasteiger partial charge is 0.278 e. The molecule has 2 heterocycles. The van der Waals surface area contributed by atoms with Gasteiger partial charge in [0.1, 0.15) is 11.6 Å². The maximum Gasteiger partial charge on any atom is 0.278 e. The highest BCUT2D eigenvalue weighted by Gasteiger charge is 2.56. The van der Waals surface area contributed by atoms with Gasteiger partial charge < -0.3 is 14.3 Å². The molecule has 0 bridgehead atoms. The number of nitrogens with zero attached hydrogens (tertiary/aromatic N) is 2. The zero-order chi connectivity index (χ0) is 19.1. The molecule has 4 rings (SSSR count). The first kappa shape index (κ1) is 17.4. The largest absolute Gasteiger partial charge is 0.493 e. The molecule has 1 fully saturated rings. The number of amides is 2. The second-order valence-corrected chi connectivity index (χ2v) is 6.47. The third-order valence-corrected chi connectivity index (χ3v) is 4.83. The van der Waals surface area contributed by atoms with Crippen LogP contribution in [-0.2, 0) is 14.4 Å². The molecule has 0 N–H and O–H groups in total. The predicted octanol–water partition coefficient (Wildman–Crippen LogP) is 2.65. The van der Waals surface area contributed by atoms with Gasteiger partial charge in [0.05, 0.1) is 19.9 Å². The van der Waals surface area contributed by atoms with Gasteiger partial charge >= 0.3 is 0 Å². The van der Waals surface area contributed by atoms with E-state index in [1.807, 2.05) is 0 Å². The average Bonchev–Trinajstić information content (AvgIpc) is 3.23. The summed E-state index contributed by atoms with van der Waals surface area (Å²) in [6.07, 6.45) is -0.976. The molecular formula is C19H15ClN2O5. The van der Waals surface area contributed by atoms with Gasteiger partial charge in [-0.05, 0) is 42.5 Å². The molecule has 2 aromatic rings. The summed E-state index contributed by atoms with van der Waals surface area (Å²) in [6, 6.07) is 11.6. The number of carbonyl (C=O) groups is 2. The number of methoxy groups -OCH3 is 2. The zero-order valence-corrected chi connectivity index (χ0v) is 15.3. The maximum absolute atomic E-state index is 13.0. The fourth-order valence-electron chi connectivity index (χ4n) is 3.26. The van der Waals surface area contributed by atoms with E-state index in [9.17, 15) is 9.59 Å². The molecule has 8 heteroatoms. The fraction of sp³-hybridized carbons (Fsp3) is 0.211. The van der Waals surface area contributed by atoms with Gasteiger partial charge in [-0.25, -0.2) is 4.90 Å². The Hall–Kier alpha value is -3.06. The van der Waals surface area contributed by atoms with Crippen molar-refractivity contribution in [2.45, 2.75) is 6.10 Å². The van der Waals surface area contributed by atoms with E-state index < -0.39 is 23.8 Å². The van der Waals surface area contributed by atoms with Gasteiger partial charge in [-0.3, -0.25) is 9.59 Å². The number of anilines is 1. The van der Waals surface area contributed by atoms with Crippen LogP contribution < -0.4 is 14.4 Å². The van der Waals surface area contributed by atoms with Crippen LogP contribution in [0.2, 0.25) is 5.02 Å². The van der Waals surface area contributed by atoms with Crippen LogP contribution in [0.5, 0.6) is 11.5 Å². The minimum atomic E-state index is -0.976. The first-order chi connectivity index (χ1) is 13.0. The van der Waals surface area contributed by atoms with Crippen molar-refractivity contribution in [1.82, 2.24) is 0 Å². The Labute approximate surface area is 160 Å². The highest BCUT2D eigenvalue weighted by Crippen LogP contribution is 2.37. The lowest BCUT2D eigenvalue weighted by Crippen LogP contribution is -2.33. The molecule has 2 aliphatic heterocycles. The van der Waals surface area contributed by atoms with Crippen molar-refractivity contribution in [3.63, 3.8) is 0 Å². The molecule has 0 radical (unpaired) electrons. The second kappa shape index (κ2) is 6.59. The molecule has 0 saturated carbocycles. The Morgan fingerprint density at radius 3 is 2.37 bits per heavy atom. The highest BCUT2D eigenvalue weighted by molar-refractivity contribution is 6.33. The van der Waals surface area contributed by atoms with Crippen molar-refractivity contribution >= 4 is 34.8 Å². The van der Waals surface area contributed by atoms with Crippen molar-refractivity contribution in [3.05, 3.63) is 53.1 Å². The number of oxime groups is 1. The van der Waals surface area contributed by atoms with Crippen molar-refractivity contribution in [1.29, 1.82) is 0 Å². The van der Waals surface area contributed by atoms with E-state index in [0.717, 1.165) is 4.90 Å². The lowest BCUT2D eigenvalue weighted by Gasteiger charge is -2.15. The molecule has 0 aromatic heterocycles. The minimum Gasteiger partial charge on any atom is -0.493 e. The predicted molar refractivity (Wildman–Crippen MR) is 98.4 cm³/mol. The zero-order valence-electron chi connectivity index (χ0n) is 14.5. The van der Waals surface area contributed by atoms with Crippen molar-refractivity contribution in [2.24, 2.45) is 11.1 Å². The number of halogens is 1. The number of imide groups is 1. The number of hydrogen-bond acceptors (Lipinski definition) is 6. The number of ether oxygens (including phenoxy) is 2. The van der Waals surface area contributed by atoms with Crippen molar-refractivity contribution in [3.8, 4) is 11.5 Å². The molecule has 2 aliphatic rings. The molecule has 0 aliphatic carbocycles. The molecule has 2 atom stereocenters. The fourth-order valence-corrected chi connectivity index (χ4v) is 3.38. The Kier molecular flexibility index (Phi) is 4.24. The van der Waals surface area contributed by atoms with E-state index in [4.69, 9.17) is 25.9 Å². The van der Waals surface area contributed by atoms with E-state index in [1.165, 1.54) is 14.2 Å². The molecule has 27 heavy (non-hydrogen) atoms. The van der Waals surface area contributed by atoms with E-state index in [-0.39, 0.29) is 0 Å². The number of hydrogen-bond donors (Lipinski definition) is 0. The Bertz CT molecular complexity index is 957. The molecular weight excluding hydrogens is 372 g/mol. The summed E-state index contributed by atoms with van der Waals surface area (Å²) in [4.78, 5) is 32.1. The van der Waals surface area contributed by atoms with E-state index in [2.05, 4.69) is 5.16 Å². The maximum atomic E-state index is 13.0. The Morgan fingerprint density at radius 1 is 1.00 bits per heavy atom. The quantitative estimate of drug-likeness (QED) is 0.755. The van der Waals surface area contributed by atoms with E-state index in [1.54, 1.807) is 42.5 Å². The molecule has 0 unspecified atom stereocenters. The van der Waals surface area contributed by atoms with Gasteiger partial charge in [-0.15, -0.1) is 0 Å². The van der Waals surface area contributed by atoms with Gasteiger partial charge in [-0.1, -0.05) is 16.8 Å². The monoisotopic (exact) mass is 386 g/mol. The summed E-state index contributed by atoms with van der Waals surface area (Å²) in [5, 5.41) is 4.51. The van der Waals surface area contributed by atoms with Crippen LogP contribution in [-0.4, -0.2) is 37.8 Å². The third kappa shape index (κ3) is 2.71. The lowest BCUT2D eigenvalue weighted by molar-refractivity contribution is -0.126. The summed E-state index contributed by atoms with van der Waals surface area (Å²) in [5.74, 6) is -0.613. The van der Waals surface area contributed by atoms with Gasteiger partial charge in [0.25, 0.3) is 5.91 Å². The topological polar surface area (TPSA) is 77.4 Å². The van der Waals surface area contributed by atoms with Crippen LogP contribution in [0, 0.1) is 5.92 Å². The SMILES string of the molecule is COc1ccc(C2=NO[C@H]3C(=O)N(c4ccc(Cl)cc4)C(=O)[C@@H]23)cc1OC. The van der Waals surface area contributed by atoms with E-state index >= 15 is 0 Å². The van der Waals surface area contributed by atoms with Crippen molar-refractivity contribution in [2.75, 3.05) is 19.1 Å². The van der Waals surface area contributed by atoms with Gasteiger partial charge in [0.2, 0.25) is 12.0 Å². The highest BCUT2D eigenvalue weighted by atomic mass is 35.5. The molecule has 1 saturated heterocycles. The number of carbonyl (C=O) groups excluding carboxylic acids is 2. The standard InChI is InChI=1S/C19H15ClN2O5/c1-25-13-8-3-10(9-14(13)26-2)16-15-17(27-21-16)19(24)22(18(15)23)12-6-4-11(20)5-7-12/h3-9,15,17H,1-2H3/t15-,17+/m0/s1. The number of fused-ring (bicyclic) bond motifs is 1. The van der Waals surface area contributed by atoms with Crippen LogP contribution >= 0.6 is 11.6 Å². The van der Waals surface area contributed by atoms with Gasteiger partial charge in [-0.2, -0.15) is 0 Å². The molecule has 2 amide bonds. The molecule has 7 nitrogen and oxygen atoms in total. The van der Waals surface area contributed by atoms with Crippen LogP contribution in [0.3, 0.4) is 0 Å². The Balaban J connectivity index is 1.69. The van der Waals surface area contributed by atoms with Gasteiger partial charge in [0, 0.05) is 10.6 Å².